The van der Waals surface area contributed by atoms with Crippen LogP contribution in [-0.4, -0.2) is 124 Å². The van der Waals surface area contributed by atoms with Crippen molar-refractivity contribution < 1.29 is 0 Å². The van der Waals surface area contributed by atoms with Crippen molar-refractivity contribution in [1.29, 1.82) is 0 Å². The van der Waals surface area contributed by atoms with Gasteiger partial charge in [0, 0.05) is 67.5 Å². The van der Waals surface area contributed by atoms with Gasteiger partial charge in [-0.25, -0.2) is 0 Å². The van der Waals surface area contributed by atoms with Crippen LogP contribution in [0.2, 0.25) is 0 Å². The molecule has 0 aromatic carbocycles. The highest BCUT2D eigenvalue weighted by Crippen LogP contribution is 2.06. The van der Waals surface area contributed by atoms with E-state index in [1.807, 2.05) is 0 Å². The van der Waals surface area contributed by atoms with E-state index in [4.69, 9.17) is 9.98 Å². The van der Waals surface area contributed by atoms with Crippen molar-refractivity contribution in [3.05, 3.63) is 0 Å². The molecule has 2 heterocycles. The molecule has 0 saturated carbocycles. The quantitative estimate of drug-likeness (QED) is 0.599. The second-order valence-corrected chi connectivity index (χ2v) is 7.77. The minimum absolute atomic E-state index is 0.909. The topological polar surface area (TPSA) is 40.9 Å². The molecule has 150 valence electrons. The largest absolute Gasteiger partial charge is 0.346 e. The lowest BCUT2D eigenvalue weighted by atomic mass is 10.3. The van der Waals surface area contributed by atoms with Gasteiger partial charge in [0.1, 0.15) is 0 Å². The van der Waals surface area contributed by atoms with Crippen molar-refractivity contribution in [2.75, 3.05) is 87.6 Å². The maximum absolute atomic E-state index is 4.80. The first-order chi connectivity index (χ1) is 12.5. The summed E-state index contributed by atoms with van der Waals surface area (Å²) in [5.74, 6) is 2.30. The predicted molar refractivity (Wildman–Crippen MR) is 111 cm³/mol. The third kappa shape index (κ3) is 6.34. The Bertz CT molecular complexity index is 411. The summed E-state index contributed by atoms with van der Waals surface area (Å²) >= 11 is 0. The molecule has 2 saturated heterocycles. The lowest BCUT2D eigenvalue weighted by Crippen LogP contribution is -2.46. The molecular weight excluding hydrogens is 326 g/mol. The molecule has 0 unspecified atom stereocenters. The van der Waals surface area contributed by atoms with E-state index in [0.717, 1.165) is 77.1 Å². The fraction of sp³-hybridized carbons (Fsp3) is 0.895. The number of guanidine groups is 2. The molecule has 26 heavy (non-hydrogen) atoms. The Morgan fingerprint density at radius 1 is 0.692 bits per heavy atom. The molecule has 0 spiro atoms. The highest BCUT2D eigenvalue weighted by atomic mass is 15.4. The highest BCUT2D eigenvalue weighted by Gasteiger charge is 2.17. The number of hydrogen-bond donors (Lipinski definition) is 0. The third-order valence-electron chi connectivity index (χ3n) is 5.24. The van der Waals surface area contributed by atoms with Crippen molar-refractivity contribution in [2.24, 2.45) is 9.98 Å². The smallest absolute Gasteiger partial charge is 0.196 e. The second-order valence-electron chi connectivity index (χ2n) is 7.77. The Labute approximate surface area is 160 Å². The Kier molecular flexibility index (Phi) is 8.48. The van der Waals surface area contributed by atoms with Crippen LogP contribution in [-0.2, 0) is 0 Å². The molecule has 2 rings (SSSR count). The Morgan fingerprint density at radius 3 is 1.38 bits per heavy atom. The van der Waals surface area contributed by atoms with Crippen LogP contribution in [0.1, 0.15) is 25.7 Å². The van der Waals surface area contributed by atoms with Gasteiger partial charge in [-0.05, 0) is 45.8 Å². The van der Waals surface area contributed by atoms with Crippen LogP contribution < -0.4 is 0 Å². The van der Waals surface area contributed by atoms with Gasteiger partial charge in [-0.15, -0.1) is 0 Å². The summed E-state index contributed by atoms with van der Waals surface area (Å²) in [5.41, 5.74) is 0. The zero-order valence-electron chi connectivity index (χ0n) is 17.6. The van der Waals surface area contributed by atoms with E-state index in [0.29, 0.717) is 0 Å². The van der Waals surface area contributed by atoms with Gasteiger partial charge >= 0.3 is 0 Å². The summed E-state index contributed by atoms with van der Waals surface area (Å²) in [6, 6.07) is 0. The molecule has 0 N–H and O–H groups in total. The van der Waals surface area contributed by atoms with Crippen molar-refractivity contribution in [3.63, 3.8) is 0 Å². The maximum atomic E-state index is 4.80. The molecule has 0 bridgehead atoms. The summed E-state index contributed by atoms with van der Waals surface area (Å²) in [5, 5.41) is 0. The van der Waals surface area contributed by atoms with E-state index in [2.05, 4.69) is 59.7 Å². The number of hydrogen-bond acceptors (Lipinski definition) is 3. The molecule has 2 aliphatic rings. The minimum Gasteiger partial charge on any atom is -0.346 e. The fourth-order valence-electron chi connectivity index (χ4n) is 3.71. The monoisotopic (exact) mass is 365 g/mol. The molecule has 0 aliphatic carbocycles. The number of nitrogens with zero attached hydrogens (tertiary/aromatic N) is 7. The van der Waals surface area contributed by atoms with Crippen LogP contribution in [0.5, 0.6) is 0 Å². The molecule has 0 atom stereocenters. The minimum atomic E-state index is 0.909. The summed E-state index contributed by atoms with van der Waals surface area (Å²) in [6.45, 7) is 8.50. The van der Waals surface area contributed by atoms with Crippen LogP contribution >= 0.6 is 0 Å². The first-order valence-electron chi connectivity index (χ1n) is 10.1. The molecular formula is C19H39N7. The predicted octanol–water partition coefficient (Wildman–Crippen LogP) is 0.945. The van der Waals surface area contributed by atoms with Crippen molar-refractivity contribution in [2.45, 2.75) is 25.7 Å². The Morgan fingerprint density at radius 2 is 1.04 bits per heavy atom. The fourth-order valence-corrected chi connectivity index (χ4v) is 3.71. The van der Waals surface area contributed by atoms with Gasteiger partial charge in [0.05, 0.1) is 0 Å². The number of aliphatic imine (C=N–C) groups is 2. The van der Waals surface area contributed by atoms with Crippen molar-refractivity contribution in [1.82, 2.24) is 24.5 Å². The van der Waals surface area contributed by atoms with E-state index >= 15 is 0 Å². The van der Waals surface area contributed by atoms with Gasteiger partial charge in [-0.3, -0.25) is 9.98 Å². The molecule has 0 radical (unpaired) electrons. The summed E-state index contributed by atoms with van der Waals surface area (Å²) in [7, 11) is 10.8. The molecule has 0 amide bonds. The van der Waals surface area contributed by atoms with Gasteiger partial charge in [0.15, 0.2) is 11.9 Å². The summed E-state index contributed by atoms with van der Waals surface area (Å²) in [6.07, 6.45) is 4.68. The van der Waals surface area contributed by atoms with Crippen LogP contribution in [0, 0.1) is 0 Å². The van der Waals surface area contributed by atoms with Crippen LogP contribution in [0.25, 0.3) is 0 Å². The average Bonchev–Trinajstić information content (AvgIpc) is 2.59. The highest BCUT2D eigenvalue weighted by molar-refractivity contribution is 5.80. The van der Waals surface area contributed by atoms with E-state index in [1.54, 1.807) is 0 Å². The Balaban J connectivity index is 1.61. The van der Waals surface area contributed by atoms with Crippen LogP contribution in [0.15, 0.2) is 9.98 Å². The Hall–Kier alpha value is -1.50. The molecule has 2 aliphatic heterocycles. The van der Waals surface area contributed by atoms with E-state index in [1.165, 1.54) is 12.8 Å². The van der Waals surface area contributed by atoms with Crippen LogP contribution in [0.4, 0.5) is 0 Å². The summed E-state index contributed by atoms with van der Waals surface area (Å²) in [4.78, 5) is 21.1. The maximum Gasteiger partial charge on any atom is 0.196 e. The van der Waals surface area contributed by atoms with Gasteiger partial charge in [-0.1, -0.05) is 0 Å². The molecule has 0 aromatic heterocycles. The zero-order valence-corrected chi connectivity index (χ0v) is 17.6. The first kappa shape index (κ1) is 20.8. The SMILES string of the molecule is CN(CCCN=C1N(C)CCCN1C)CCCN=C1N(C)CCCN1C. The first-order valence-corrected chi connectivity index (χ1v) is 10.1. The van der Waals surface area contributed by atoms with Gasteiger partial charge in [0.25, 0.3) is 0 Å². The average molecular weight is 366 g/mol. The van der Waals surface area contributed by atoms with E-state index < -0.39 is 0 Å². The van der Waals surface area contributed by atoms with Gasteiger partial charge in [-0.2, -0.15) is 0 Å². The zero-order chi connectivity index (χ0) is 18.9. The van der Waals surface area contributed by atoms with Gasteiger partial charge in [0.2, 0.25) is 0 Å². The standard InChI is InChI=1S/C19H39N7/c1-22(12-6-10-20-18-23(2)14-8-15-24(18)3)13-7-11-21-19-25(4)16-9-17-26(19)5/h6-17H2,1-5H3. The molecule has 7 heteroatoms. The number of rotatable bonds is 8. The van der Waals surface area contributed by atoms with Gasteiger partial charge < -0.3 is 24.5 Å². The lowest BCUT2D eigenvalue weighted by molar-refractivity contribution is 0.309. The molecule has 0 aromatic rings. The second kappa shape index (κ2) is 10.6. The van der Waals surface area contributed by atoms with Crippen molar-refractivity contribution in [3.8, 4) is 0 Å². The summed E-state index contributed by atoms with van der Waals surface area (Å²) < 4.78 is 0. The lowest BCUT2D eigenvalue weighted by Gasteiger charge is -2.34. The third-order valence-corrected chi connectivity index (χ3v) is 5.24. The van der Waals surface area contributed by atoms with Crippen molar-refractivity contribution >= 4 is 11.9 Å². The van der Waals surface area contributed by atoms with E-state index in [9.17, 15) is 0 Å². The van der Waals surface area contributed by atoms with E-state index in [-0.39, 0.29) is 0 Å². The normalized spacial score (nSPS) is 18.8. The molecule has 2 fully saturated rings. The molecule has 7 nitrogen and oxygen atoms in total. The van der Waals surface area contributed by atoms with Crippen LogP contribution in [0.3, 0.4) is 0 Å².